The maximum atomic E-state index is 5.82. The minimum atomic E-state index is 0.308. The van der Waals surface area contributed by atoms with Crippen LogP contribution in [0.2, 0.25) is 0 Å². The van der Waals surface area contributed by atoms with Gasteiger partial charge in [0.2, 0.25) is 17.8 Å². The van der Waals surface area contributed by atoms with Crippen LogP contribution < -0.4 is 16.0 Å². The van der Waals surface area contributed by atoms with E-state index in [0.29, 0.717) is 17.1 Å². The van der Waals surface area contributed by atoms with Gasteiger partial charge < -0.3 is 16.0 Å². The van der Waals surface area contributed by atoms with Crippen molar-refractivity contribution in [3.8, 4) is 0 Å². The molecule has 3 heterocycles. The van der Waals surface area contributed by atoms with Crippen molar-refractivity contribution in [2.75, 3.05) is 41.3 Å². The van der Waals surface area contributed by atoms with Crippen molar-refractivity contribution < 1.29 is 0 Å². The highest BCUT2D eigenvalue weighted by Gasteiger charge is 2.18. The van der Waals surface area contributed by atoms with Gasteiger partial charge in [-0.1, -0.05) is 0 Å². The first-order valence-corrected chi connectivity index (χ1v) is 8.48. The molecule has 0 amide bonds. The fourth-order valence-electron chi connectivity index (χ4n) is 2.71. The van der Waals surface area contributed by atoms with E-state index in [1.165, 1.54) is 37.9 Å². The Morgan fingerprint density at radius 2 is 2.00 bits per heavy atom. The minimum absolute atomic E-state index is 0.308. The van der Waals surface area contributed by atoms with Gasteiger partial charge in [-0.3, -0.25) is 0 Å². The van der Waals surface area contributed by atoms with Gasteiger partial charge in [-0.05, 0) is 37.9 Å². The Morgan fingerprint density at radius 3 is 2.75 bits per heavy atom. The molecule has 3 N–H and O–H groups in total. The van der Waals surface area contributed by atoms with Crippen LogP contribution in [0.4, 0.5) is 17.8 Å². The van der Waals surface area contributed by atoms with E-state index >= 15 is 0 Å². The van der Waals surface area contributed by atoms with Gasteiger partial charge in [0.15, 0.2) is 0 Å². The van der Waals surface area contributed by atoms with E-state index in [1.807, 2.05) is 11.8 Å². The Morgan fingerprint density at radius 1 is 1.15 bits per heavy atom. The molecule has 3 rings (SSSR count). The number of hydrogen-bond donors (Lipinski definition) is 2. The Hall–Kier alpha value is -1.24. The molecule has 6 nitrogen and oxygen atoms in total. The zero-order valence-electron chi connectivity index (χ0n) is 11.7. The van der Waals surface area contributed by atoms with Gasteiger partial charge in [0.1, 0.15) is 0 Å². The predicted octanol–water partition coefficient (Wildman–Crippen LogP) is 1.75. The first-order valence-electron chi connectivity index (χ1n) is 7.43. The molecule has 7 heteroatoms. The van der Waals surface area contributed by atoms with Gasteiger partial charge in [0.25, 0.3) is 0 Å². The molecule has 0 radical (unpaired) electrons. The Kier molecular flexibility index (Phi) is 4.44. The molecule has 110 valence electrons. The summed E-state index contributed by atoms with van der Waals surface area (Å²) in [4.78, 5) is 15.2. The number of nitrogens with one attached hydrogen (secondary N) is 1. The summed E-state index contributed by atoms with van der Waals surface area (Å²) in [7, 11) is 0. The van der Waals surface area contributed by atoms with Gasteiger partial charge in [-0.15, -0.1) is 0 Å². The molecule has 0 aliphatic carbocycles. The summed E-state index contributed by atoms with van der Waals surface area (Å²) in [6.07, 6.45) is 6.29. The van der Waals surface area contributed by atoms with Crippen LogP contribution in [-0.2, 0) is 0 Å². The predicted molar refractivity (Wildman–Crippen MR) is 84.3 cm³/mol. The highest BCUT2D eigenvalue weighted by Crippen LogP contribution is 2.26. The van der Waals surface area contributed by atoms with Crippen LogP contribution in [-0.4, -0.2) is 45.6 Å². The summed E-state index contributed by atoms with van der Waals surface area (Å²) < 4.78 is 0. The van der Waals surface area contributed by atoms with Gasteiger partial charge in [-0.25, -0.2) is 0 Å². The van der Waals surface area contributed by atoms with Gasteiger partial charge in [0, 0.05) is 24.9 Å². The van der Waals surface area contributed by atoms with E-state index in [1.54, 1.807) is 0 Å². The van der Waals surface area contributed by atoms with Crippen molar-refractivity contribution in [2.24, 2.45) is 0 Å². The van der Waals surface area contributed by atoms with E-state index in [4.69, 9.17) is 5.73 Å². The van der Waals surface area contributed by atoms with E-state index in [0.717, 1.165) is 25.6 Å². The topological polar surface area (TPSA) is 80.0 Å². The fraction of sp³-hybridized carbons (Fsp3) is 0.769. The molecule has 1 atom stereocenters. The lowest BCUT2D eigenvalue weighted by molar-refractivity contribution is 0.568. The molecule has 0 bridgehead atoms. The Balaban J connectivity index is 1.65. The summed E-state index contributed by atoms with van der Waals surface area (Å²) >= 11 is 2.02. The third-order valence-electron chi connectivity index (χ3n) is 3.79. The van der Waals surface area contributed by atoms with E-state index in [2.05, 4.69) is 25.2 Å². The first kappa shape index (κ1) is 13.7. The zero-order chi connectivity index (χ0) is 13.8. The standard InChI is InChI=1S/C13H22N6S/c14-11-16-12(15-9-10-5-4-8-20-10)18-13(17-11)19-6-2-1-3-7-19/h10H,1-9H2,(H3,14,15,16,17,18). The van der Waals surface area contributed by atoms with E-state index in [9.17, 15) is 0 Å². The number of anilines is 3. The first-order chi connectivity index (χ1) is 9.81. The molecule has 1 aromatic rings. The third-order valence-corrected chi connectivity index (χ3v) is 5.19. The molecular weight excluding hydrogens is 272 g/mol. The molecule has 2 fully saturated rings. The van der Waals surface area contributed by atoms with Gasteiger partial charge in [-0.2, -0.15) is 26.7 Å². The van der Waals surface area contributed by atoms with Crippen LogP contribution in [0.25, 0.3) is 0 Å². The van der Waals surface area contributed by atoms with Crippen LogP contribution in [0.5, 0.6) is 0 Å². The van der Waals surface area contributed by atoms with Crippen LogP contribution in [0.3, 0.4) is 0 Å². The number of nitrogen functional groups attached to an aromatic ring is 1. The van der Waals surface area contributed by atoms with Crippen molar-refractivity contribution in [3.05, 3.63) is 0 Å². The smallest absolute Gasteiger partial charge is 0.231 e. The average Bonchev–Trinajstić information content (AvgIpc) is 2.99. The summed E-state index contributed by atoms with van der Waals surface area (Å²) in [5, 5.41) is 3.99. The quantitative estimate of drug-likeness (QED) is 0.875. The van der Waals surface area contributed by atoms with E-state index < -0.39 is 0 Å². The summed E-state index contributed by atoms with van der Waals surface area (Å²) in [6, 6.07) is 0. The van der Waals surface area contributed by atoms with Crippen molar-refractivity contribution >= 4 is 29.6 Å². The number of thioether (sulfide) groups is 1. The van der Waals surface area contributed by atoms with Crippen LogP contribution in [0.15, 0.2) is 0 Å². The fourth-order valence-corrected chi connectivity index (χ4v) is 3.91. The van der Waals surface area contributed by atoms with E-state index in [-0.39, 0.29) is 0 Å². The normalized spacial score (nSPS) is 23.0. The second kappa shape index (κ2) is 6.47. The molecule has 2 saturated heterocycles. The number of piperidine rings is 1. The van der Waals surface area contributed by atoms with Gasteiger partial charge in [0.05, 0.1) is 0 Å². The molecular formula is C13H22N6S. The molecule has 1 aromatic heterocycles. The number of aromatic nitrogens is 3. The average molecular weight is 294 g/mol. The lowest BCUT2D eigenvalue weighted by Crippen LogP contribution is -2.31. The molecule has 2 aliphatic heterocycles. The Bertz CT molecular complexity index is 442. The number of nitrogens with two attached hydrogens (primary N) is 1. The van der Waals surface area contributed by atoms with Crippen molar-refractivity contribution in [2.45, 2.75) is 37.4 Å². The summed E-state index contributed by atoms with van der Waals surface area (Å²) in [5.41, 5.74) is 5.82. The maximum Gasteiger partial charge on any atom is 0.231 e. The number of hydrogen-bond acceptors (Lipinski definition) is 7. The highest BCUT2D eigenvalue weighted by molar-refractivity contribution is 8.00. The SMILES string of the molecule is Nc1nc(NCC2CCCS2)nc(N2CCCCC2)n1. The molecule has 1 unspecified atom stereocenters. The van der Waals surface area contributed by atoms with Crippen molar-refractivity contribution in [3.63, 3.8) is 0 Å². The number of nitrogens with zero attached hydrogens (tertiary/aromatic N) is 4. The molecule has 2 aliphatic rings. The number of rotatable bonds is 4. The molecule has 0 spiro atoms. The zero-order valence-corrected chi connectivity index (χ0v) is 12.5. The monoisotopic (exact) mass is 294 g/mol. The van der Waals surface area contributed by atoms with Crippen molar-refractivity contribution in [1.82, 2.24) is 15.0 Å². The molecule has 20 heavy (non-hydrogen) atoms. The highest BCUT2D eigenvalue weighted by atomic mass is 32.2. The third kappa shape index (κ3) is 3.45. The van der Waals surface area contributed by atoms with Crippen LogP contribution in [0, 0.1) is 0 Å². The minimum Gasteiger partial charge on any atom is -0.368 e. The molecule has 0 saturated carbocycles. The largest absolute Gasteiger partial charge is 0.368 e. The molecule has 0 aromatic carbocycles. The second-order valence-corrected chi connectivity index (χ2v) is 6.79. The van der Waals surface area contributed by atoms with Crippen LogP contribution in [0.1, 0.15) is 32.1 Å². The summed E-state index contributed by atoms with van der Waals surface area (Å²) in [6.45, 7) is 2.94. The van der Waals surface area contributed by atoms with Gasteiger partial charge >= 0.3 is 0 Å². The maximum absolute atomic E-state index is 5.82. The van der Waals surface area contributed by atoms with Crippen LogP contribution >= 0.6 is 11.8 Å². The Labute approximate surface area is 124 Å². The lowest BCUT2D eigenvalue weighted by Gasteiger charge is -2.26. The lowest BCUT2D eigenvalue weighted by atomic mass is 10.1. The summed E-state index contributed by atoms with van der Waals surface area (Å²) in [5.74, 6) is 2.91. The second-order valence-electron chi connectivity index (χ2n) is 5.38. The van der Waals surface area contributed by atoms with Crippen molar-refractivity contribution in [1.29, 1.82) is 0 Å².